The molecule has 4 nitrogen and oxygen atoms in total. The Morgan fingerprint density at radius 3 is 2.55 bits per heavy atom. The summed E-state index contributed by atoms with van der Waals surface area (Å²) in [5.41, 5.74) is 1.33. The molecule has 0 atom stereocenters. The number of likely N-dealkylation sites (N-methyl/N-ethyl adjacent to an activating group) is 1. The molecule has 0 bridgehead atoms. The maximum absolute atomic E-state index is 11.9. The van der Waals surface area contributed by atoms with Crippen LogP contribution in [0.1, 0.15) is 22.8 Å². The highest BCUT2D eigenvalue weighted by Crippen LogP contribution is 2.31. The minimum absolute atomic E-state index is 0.102. The lowest BCUT2D eigenvalue weighted by Gasteiger charge is -2.03. The molecule has 1 aliphatic rings. The molecule has 1 aliphatic heterocycles. The number of carbonyl (C=O) groups is 2. The molecule has 0 radical (unpaired) electrons. The third-order valence-electron chi connectivity index (χ3n) is 2.71. The first kappa shape index (κ1) is 14.7. The predicted molar refractivity (Wildman–Crippen MR) is 83.3 cm³/mol. The number of amides is 1. The number of nitrogens with zero attached hydrogens (tertiary/aromatic N) is 1. The molecule has 1 heterocycles. The van der Waals surface area contributed by atoms with E-state index >= 15 is 0 Å². The Hall–Kier alpha value is -1.66. The average molecular weight is 307 g/mol. The van der Waals surface area contributed by atoms with E-state index in [1.54, 1.807) is 44.3 Å². The van der Waals surface area contributed by atoms with E-state index in [2.05, 4.69) is 0 Å². The van der Waals surface area contributed by atoms with Gasteiger partial charge in [0.1, 0.15) is 4.32 Å². The second kappa shape index (κ2) is 6.19. The number of hydrogen-bond donors (Lipinski definition) is 0. The van der Waals surface area contributed by atoms with Crippen molar-refractivity contribution in [2.24, 2.45) is 0 Å². The molecule has 1 saturated heterocycles. The van der Waals surface area contributed by atoms with Crippen LogP contribution in [-0.2, 0) is 9.53 Å². The molecule has 0 aromatic heterocycles. The van der Waals surface area contributed by atoms with Gasteiger partial charge < -0.3 is 4.74 Å². The fourth-order valence-corrected chi connectivity index (χ4v) is 2.81. The molecule has 0 spiro atoms. The fourth-order valence-electron chi connectivity index (χ4n) is 1.63. The SMILES string of the molecule is CCOC(=O)c1ccc(C=C2SC(=S)N(C)C2=O)cc1. The molecule has 0 saturated carbocycles. The van der Waals surface area contributed by atoms with Crippen molar-refractivity contribution in [3.05, 3.63) is 40.3 Å². The average Bonchev–Trinajstić information content (AvgIpc) is 2.67. The van der Waals surface area contributed by atoms with Crippen LogP contribution in [0.15, 0.2) is 29.2 Å². The summed E-state index contributed by atoms with van der Waals surface area (Å²) in [4.78, 5) is 25.4. The summed E-state index contributed by atoms with van der Waals surface area (Å²) in [7, 11) is 1.66. The van der Waals surface area contributed by atoms with E-state index in [1.165, 1.54) is 16.7 Å². The van der Waals surface area contributed by atoms with E-state index in [9.17, 15) is 9.59 Å². The van der Waals surface area contributed by atoms with Crippen LogP contribution in [0.3, 0.4) is 0 Å². The van der Waals surface area contributed by atoms with Crippen molar-refractivity contribution in [2.45, 2.75) is 6.92 Å². The van der Waals surface area contributed by atoms with Gasteiger partial charge in [0, 0.05) is 7.05 Å². The van der Waals surface area contributed by atoms with Crippen molar-refractivity contribution in [1.82, 2.24) is 4.90 Å². The lowest BCUT2D eigenvalue weighted by molar-refractivity contribution is -0.121. The number of thiocarbonyl (C=S) groups is 1. The standard InChI is InChI=1S/C14H13NO3S2/c1-3-18-13(17)10-6-4-9(5-7-10)8-11-12(16)15(2)14(19)20-11/h4-8H,3H2,1-2H3. The highest BCUT2D eigenvalue weighted by molar-refractivity contribution is 8.26. The van der Waals surface area contributed by atoms with Crippen LogP contribution in [0.4, 0.5) is 0 Å². The summed E-state index contributed by atoms with van der Waals surface area (Å²) in [5, 5.41) is 0. The molecule has 1 aromatic rings. The molecule has 20 heavy (non-hydrogen) atoms. The van der Waals surface area contributed by atoms with E-state index in [1.807, 2.05) is 0 Å². The van der Waals surface area contributed by atoms with Crippen molar-refractivity contribution in [3.63, 3.8) is 0 Å². The van der Waals surface area contributed by atoms with Crippen LogP contribution in [0.2, 0.25) is 0 Å². The number of ether oxygens (including phenoxy) is 1. The Balaban J connectivity index is 2.17. The molecule has 0 unspecified atom stereocenters. The molecule has 0 N–H and O–H groups in total. The first-order chi connectivity index (χ1) is 9.52. The van der Waals surface area contributed by atoms with E-state index < -0.39 is 0 Å². The van der Waals surface area contributed by atoms with Crippen LogP contribution < -0.4 is 0 Å². The van der Waals surface area contributed by atoms with Crippen molar-refractivity contribution in [3.8, 4) is 0 Å². The van der Waals surface area contributed by atoms with Gasteiger partial charge in [0.05, 0.1) is 17.1 Å². The van der Waals surface area contributed by atoms with Gasteiger partial charge in [0.2, 0.25) is 0 Å². The molecule has 104 valence electrons. The summed E-state index contributed by atoms with van der Waals surface area (Å²) < 4.78 is 5.46. The Bertz CT molecular complexity index is 593. The van der Waals surface area contributed by atoms with Crippen LogP contribution in [0.5, 0.6) is 0 Å². The van der Waals surface area contributed by atoms with Gasteiger partial charge in [0.15, 0.2) is 0 Å². The fraction of sp³-hybridized carbons (Fsp3) is 0.214. The molecule has 1 amide bonds. The number of esters is 1. The summed E-state index contributed by atoms with van der Waals surface area (Å²) >= 11 is 6.33. The van der Waals surface area contributed by atoms with Crippen LogP contribution in [0.25, 0.3) is 6.08 Å². The second-order valence-corrected chi connectivity index (χ2v) is 5.76. The van der Waals surface area contributed by atoms with Crippen LogP contribution in [0, 0.1) is 0 Å². The van der Waals surface area contributed by atoms with E-state index in [0.29, 0.717) is 21.4 Å². The highest BCUT2D eigenvalue weighted by Gasteiger charge is 2.28. The van der Waals surface area contributed by atoms with E-state index in [0.717, 1.165) is 5.56 Å². The third-order valence-corrected chi connectivity index (χ3v) is 4.19. The van der Waals surface area contributed by atoms with Crippen molar-refractivity contribution in [2.75, 3.05) is 13.7 Å². The van der Waals surface area contributed by atoms with Crippen LogP contribution in [-0.4, -0.2) is 34.8 Å². The lowest BCUT2D eigenvalue weighted by Crippen LogP contribution is -2.22. The maximum Gasteiger partial charge on any atom is 0.338 e. The zero-order valence-electron chi connectivity index (χ0n) is 11.1. The second-order valence-electron chi connectivity index (χ2n) is 4.08. The monoisotopic (exact) mass is 307 g/mol. The van der Waals surface area contributed by atoms with Gasteiger partial charge in [-0.1, -0.05) is 36.1 Å². The first-order valence-electron chi connectivity index (χ1n) is 6.01. The molecular weight excluding hydrogens is 294 g/mol. The zero-order chi connectivity index (χ0) is 14.7. The maximum atomic E-state index is 11.9. The van der Waals surface area contributed by atoms with Gasteiger partial charge in [-0.05, 0) is 30.7 Å². The summed E-state index contributed by atoms with van der Waals surface area (Å²) in [6, 6.07) is 6.90. The van der Waals surface area contributed by atoms with E-state index in [4.69, 9.17) is 17.0 Å². The first-order valence-corrected chi connectivity index (χ1v) is 7.24. The molecule has 0 aliphatic carbocycles. The van der Waals surface area contributed by atoms with Crippen molar-refractivity contribution < 1.29 is 14.3 Å². The van der Waals surface area contributed by atoms with E-state index in [-0.39, 0.29) is 11.9 Å². The van der Waals surface area contributed by atoms with Gasteiger partial charge >= 0.3 is 5.97 Å². The number of hydrogen-bond acceptors (Lipinski definition) is 5. The molecule has 6 heteroatoms. The van der Waals surface area contributed by atoms with Gasteiger partial charge in [-0.15, -0.1) is 0 Å². The summed E-state index contributed by atoms with van der Waals surface area (Å²) in [6.45, 7) is 2.11. The number of thioether (sulfide) groups is 1. The minimum atomic E-state index is -0.348. The van der Waals surface area contributed by atoms with Crippen LogP contribution >= 0.6 is 24.0 Å². The molecule has 2 rings (SSSR count). The predicted octanol–water partition coefficient (Wildman–Crippen LogP) is 2.69. The minimum Gasteiger partial charge on any atom is -0.462 e. The van der Waals surface area contributed by atoms with Gasteiger partial charge in [-0.2, -0.15) is 0 Å². The quantitative estimate of drug-likeness (QED) is 0.488. The molecule has 1 aromatic carbocycles. The number of benzene rings is 1. The van der Waals surface area contributed by atoms with Gasteiger partial charge in [-0.25, -0.2) is 4.79 Å². The Labute approximate surface area is 126 Å². The normalized spacial score (nSPS) is 16.9. The molecular formula is C14H13NO3S2. The smallest absolute Gasteiger partial charge is 0.338 e. The Morgan fingerprint density at radius 2 is 2.05 bits per heavy atom. The van der Waals surface area contributed by atoms with Gasteiger partial charge in [0.25, 0.3) is 5.91 Å². The topological polar surface area (TPSA) is 46.6 Å². The number of carbonyl (C=O) groups excluding carboxylic acids is 2. The summed E-state index contributed by atoms with van der Waals surface area (Å²) in [5.74, 6) is -0.451. The molecule has 1 fully saturated rings. The zero-order valence-corrected chi connectivity index (χ0v) is 12.7. The Kier molecular flexibility index (Phi) is 4.57. The van der Waals surface area contributed by atoms with Gasteiger partial charge in [-0.3, -0.25) is 9.69 Å². The largest absolute Gasteiger partial charge is 0.462 e. The van der Waals surface area contributed by atoms with Crippen molar-refractivity contribution in [1.29, 1.82) is 0 Å². The number of rotatable bonds is 3. The van der Waals surface area contributed by atoms with Crippen molar-refractivity contribution >= 4 is 46.3 Å². The Morgan fingerprint density at radius 1 is 1.40 bits per heavy atom. The summed E-state index contributed by atoms with van der Waals surface area (Å²) in [6.07, 6.45) is 1.76. The highest BCUT2D eigenvalue weighted by atomic mass is 32.2. The lowest BCUT2D eigenvalue weighted by atomic mass is 10.1. The third kappa shape index (κ3) is 3.08.